The number of carboxylic acids is 1. The third-order valence-electron chi connectivity index (χ3n) is 3.83. The van der Waals surface area contributed by atoms with Gasteiger partial charge in [0, 0.05) is 6.54 Å². The number of carbonyl (C=O) groups excluding carboxylic acids is 2. The number of hydrogen-bond acceptors (Lipinski definition) is 5. The van der Waals surface area contributed by atoms with E-state index in [9.17, 15) is 19.5 Å². The van der Waals surface area contributed by atoms with E-state index < -0.39 is 29.3 Å². The van der Waals surface area contributed by atoms with Crippen molar-refractivity contribution in [2.75, 3.05) is 6.54 Å². The molecule has 0 spiro atoms. The van der Waals surface area contributed by atoms with Crippen molar-refractivity contribution < 1.29 is 29.0 Å². The maximum atomic E-state index is 12.0. The lowest BCUT2D eigenvalue weighted by Crippen LogP contribution is -2.52. The number of alkyl carbamates (subject to hydrolysis) is 2. The number of benzene rings is 1. The molecule has 1 aromatic carbocycles. The summed E-state index contributed by atoms with van der Waals surface area (Å²) in [6.45, 7) is 7.15. The predicted octanol–water partition coefficient (Wildman–Crippen LogP) is 3.45. The van der Waals surface area contributed by atoms with Gasteiger partial charge in [0.2, 0.25) is 0 Å². The monoisotopic (exact) mass is 394 g/mol. The van der Waals surface area contributed by atoms with E-state index in [0.29, 0.717) is 19.4 Å². The van der Waals surface area contributed by atoms with E-state index in [-0.39, 0.29) is 13.0 Å². The number of hydrogen-bond donors (Lipinski definition) is 3. The number of nitrogens with one attached hydrogen (secondary N) is 2. The van der Waals surface area contributed by atoms with Crippen LogP contribution in [-0.4, -0.2) is 40.9 Å². The molecule has 156 valence electrons. The molecule has 1 aromatic rings. The lowest BCUT2D eigenvalue weighted by atomic mass is 9.95. The summed E-state index contributed by atoms with van der Waals surface area (Å²) < 4.78 is 10.2. The quantitative estimate of drug-likeness (QED) is 0.553. The Kier molecular flexibility index (Phi) is 8.76. The zero-order chi connectivity index (χ0) is 21.2. The number of rotatable bonds is 9. The Labute approximate surface area is 165 Å². The van der Waals surface area contributed by atoms with Crippen molar-refractivity contribution in [3.8, 4) is 0 Å². The van der Waals surface area contributed by atoms with Crippen LogP contribution >= 0.6 is 0 Å². The smallest absolute Gasteiger partial charge is 0.408 e. The zero-order valence-electron chi connectivity index (χ0n) is 16.9. The summed E-state index contributed by atoms with van der Waals surface area (Å²) >= 11 is 0. The standard InChI is InChI=1S/C20H30N2O6/c1-19(2,3)28-17(25)21-13-9-8-12-20(4,16(23)24)22-18(26)27-14-15-10-6-5-7-11-15/h5-7,10-11H,8-9,12-14H2,1-4H3,(H,21,25)(H,22,26)(H,23,24)/t20-/m0/s1. The Bertz CT molecular complexity index is 656. The molecule has 0 aromatic heterocycles. The van der Waals surface area contributed by atoms with Crippen molar-refractivity contribution >= 4 is 18.2 Å². The van der Waals surface area contributed by atoms with Gasteiger partial charge in [-0.25, -0.2) is 14.4 Å². The molecule has 8 heteroatoms. The minimum Gasteiger partial charge on any atom is -0.480 e. The van der Waals surface area contributed by atoms with E-state index in [1.165, 1.54) is 6.92 Å². The molecule has 0 unspecified atom stereocenters. The minimum atomic E-state index is -1.46. The summed E-state index contributed by atoms with van der Waals surface area (Å²) in [6.07, 6.45) is -0.0872. The van der Waals surface area contributed by atoms with Gasteiger partial charge in [-0.1, -0.05) is 30.3 Å². The first-order chi connectivity index (χ1) is 13.0. The number of aliphatic carboxylic acids is 1. The number of carbonyl (C=O) groups is 3. The highest BCUT2D eigenvalue weighted by Crippen LogP contribution is 2.15. The van der Waals surface area contributed by atoms with Gasteiger partial charge < -0.3 is 25.2 Å². The van der Waals surface area contributed by atoms with Crippen LogP contribution in [0, 0.1) is 0 Å². The molecule has 0 radical (unpaired) electrons. The minimum absolute atomic E-state index is 0.0577. The van der Waals surface area contributed by atoms with E-state index in [2.05, 4.69) is 10.6 Å². The van der Waals surface area contributed by atoms with Gasteiger partial charge in [-0.3, -0.25) is 0 Å². The lowest BCUT2D eigenvalue weighted by molar-refractivity contribution is -0.144. The van der Waals surface area contributed by atoms with Gasteiger partial charge >= 0.3 is 18.2 Å². The number of amides is 2. The Balaban J connectivity index is 2.38. The first kappa shape index (κ1) is 23.3. The second kappa shape index (κ2) is 10.5. The van der Waals surface area contributed by atoms with Crippen molar-refractivity contribution in [1.29, 1.82) is 0 Å². The maximum absolute atomic E-state index is 12.0. The van der Waals surface area contributed by atoms with Gasteiger partial charge in [0.05, 0.1) is 0 Å². The summed E-state index contributed by atoms with van der Waals surface area (Å²) in [4.78, 5) is 35.1. The third-order valence-corrected chi connectivity index (χ3v) is 3.83. The average molecular weight is 394 g/mol. The summed E-state index contributed by atoms with van der Waals surface area (Å²) in [5.74, 6) is -1.15. The molecule has 0 saturated carbocycles. The van der Waals surface area contributed by atoms with Gasteiger partial charge in [-0.15, -0.1) is 0 Å². The molecule has 0 heterocycles. The second-order valence-electron chi connectivity index (χ2n) is 7.71. The van der Waals surface area contributed by atoms with Crippen molar-refractivity contribution in [2.45, 2.75) is 64.7 Å². The molecule has 0 bridgehead atoms. The van der Waals surface area contributed by atoms with Crippen LogP contribution in [0.25, 0.3) is 0 Å². The van der Waals surface area contributed by atoms with E-state index in [0.717, 1.165) is 5.56 Å². The molecule has 0 saturated heterocycles. The van der Waals surface area contributed by atoms with Crippen molar-refractivity contribution in [3.05, 3.63) is 35.9 Å². The van der Waals surface area contributed by atoms with Crippen molar-refractivity contribution in [2.24, 2.45) is 0 Å². The molecular formula is C20H30N2O6. The number of unbranched alkanes of at least 4 members (excludes halogenated alkanes) is 1. The molecule has 1 rings (SSSR count). The van der Waals surface area contributed by atoms with Crippen LogP contribution in [0.3, 0.4) is 0 Å². The van der Waals surface area contributed by atoms with Crippen molar-refractivity contribution in [1.82, 2.24) is 10.6 Å². The van der Waals surface area contributed by atoms with Gasteiger partial charge in [0.1, 0.15) is 17.7 Å². The summed E-state index contributed by atoms with van der Waals surface area (Å²) in [6, 6.07) is 9.11. The van der Waals surface area contributed by atoms with Gasteiger partial charge in [0.25, 0.3) is 0 Å². The molecule has 0 aliphatic heterocycles. The SMILES string of the molecule is CC(C)(C)OC(=O)NCCCC[C@](C)(NC(=O)OCc1ccccc1)C(=O)O. The zero-order valence-corrected chi connectivity index (χ0v) is 16.9. The molecule has 2 amide bonds. The van der Waals surface area contributed by atoms with Crippen LogP contribution in [0.5, 0.6) is 0 Å². The molecule has 8 nitrogen and oxygen atoms in total. The summed E-state index contributed by atoms with van der Waals surface area (Å²) in [7, 11) is 0. The Morgan fingerprint density at radius 2 is 1.64 bits per heavy atom. The fourth-order valence-corrected chi connectivity index (χ4v) is 2.32. The van der Waals surface area contributed by atoms with Gasteiger partial charge in [0.15, 0.2) is 0 Å². The molecule has 28 heavy (non-hydrogen) atoms. The first-order valence-corrected chi connectivity index (χ1v) is 9.21. The normalized spacial score (nSPS) is 13.1. The lowest BCUT2D eigenvalue weighted by Gasteiger charge is -2.26. The van der Waals surface area contributed by atoms with Crippen LogP contribution in [-0.2, 0) is 20.9 Å². The van der Waals surface area contributed by atoms with E-state index >= 15 is 0 Å². The summed E-state index contributed by atoms with van der Waals surface area (Å²) in [5.41, 5.74) is -1.22. The fraction of sp³-hybridized carbons (Fsp3) is 0.550. The molecule has 0 aliphatic carbocycles. The average Bonchev–Trinajstić information content (AvgIpc) is 2.59. The third kappa shape index (κ3) is 9.25. The molecule has 1 atom stereocenters. The van der Waals surface area contributed by atoms with Crippen LogP contribution in [0.4, 0.5) is 9.59 Å². The number of ether oxygens (including phenoxy) is 2. The molecule has 0 aliphatic rings. The van der Waals surface area contributed by atoms with Crippen LogP contribution in [0.15, 0.2) is 30.3 Å². The highest BCUT2D eigenvalue weighted by Gasteiger charge is 2.34. The molecule has 3 N–H and O–H groups in total. The van der Waals surface area contributed by atoms with Gasteiger partial charge in [-0.2, -0.15) is 0 Å². The highest BCUT2D eigenvalue weighted by atomic mass is 16.6. The Morgan fingerprint density at radius 3 is 2.21 bits per heavy atom. The van der Waals surface area contributed by atoms with E-state index in [1.807, 2.05) is 18.2 Å². The van der Waals surface area contributed by atoms with Crippen LogP contribution in [0.1, 0.15) is 52.5 Å². The first-order valence-electron chi connectivity index (χ1n) is 9.21. The van der Waals surface area contributed by atoms with Crippen molar-refractivity contribution in [3.63, 3.8) is 0 Å². The fourth-order valence-electron chi connectivity index (χ4n) is 2.32. The van der Waals surface area contributed by atoms with Crippen LogP contribution < -0.4 is 10.6 Å². The summed E-state index contributed by atoms with van der Waals surface area (Å²) in [5, 5.41) is 14.5. The van der Waals surface area contributed by atoms with E-state index in [4.69, 9.17) is 9.47 Å². The van der Waals surface area contributed by atoms with E-state index in [1.54, 1.807) is 32.9 Å². The van der Waals surface area contributed by atoms with Gasteiger partial charge in [-0.05, 0) is 52.5 Å². The molecular weight excluding hydrogens is 364 g/mol. The highest BCUT2D eigenvalue weighted by molar-refractivity contribution is 5.83. The number of carboxylic acid groups (broad SMARTS) is 1. The topological polar surface area (TPSA) is 114 Å². The maximum Gasteiger partial charge on any atom is 0.408 e. The Hall–Kier alpha value is -2.77. The predicted molar refractivity (Wildman–Crippen MR) is 104 cm³/mol. The van der Waals surface area contributed by atoms with Crippen LogP contribution in [0.2, 0.25) is 0 Å². The Morgan fingerprint density at radius 1 is 1.00 bits per heavy atom. The largest absolute Gasteiger partial charge is 0.480 e. The molecule has 0 fully saturated rings. The second-order valence-corrected chi connectivity index (χ2v) is 7.71.